The lowest BCUT2D eigenvalue weighted by Crippen LogP contribution is -2.33. The summed E-state index contributed by atoms with van der Waals surface area (Å²) in [6.07, 6.45) is 6.95. The number of methoxy groups -OCH3 is 1. The molecule has 1 aromatic carbocycles. The average molecular weight is 465 g/mol. The van der Waals surface area contributed by atoms with Crippen molar-refractivity contribution in [2.75, 3.05) is 77.7 Å². The smallest absolute Gasteiger partial charge is 0.227 e. The predicted molar refractivity (Wildman–Crippen MR) is 141 cm³/mol. The molecule has 0 unspecified atom stereocenters. The van der Waals surface area contributed by atoms with Crippen LogP contribution < -0.4 is 15.0 Å². The number of ether oxygens (including phenoxy) is 1. The molecule has 7 heteroatoms. The van der Waals surface area contributed by atoms with Crippen molar-refractivity contribution in [2.45, 2.75) is 38.5 Å². The molecule has 4 rings (SSSR count). The van der Waals surface area contributed by atoms with E-state index in [-0.39, 0.29) is 0 Å². The molecular weight excluding hydrogens is 424 g/mol. The molecule has 2 aliphatic heterocycles. The number of hydrogen-bond acceptors (Lipinski definition) is 7. The fraction of sp³-hybridized carbons (Fsp3) is 0.630. The Morgan fingerprint density at radius 2 is 1.85 bits per heavy atom. The van der Waals surface area contributed by atoms with Crippen molar-refractivity contribution < 1.29 is 4.74 Å². The molecule has 2 aliphatic rings. The normalized spacial score (nSPS) is 17.6. The van der Waals surface area contributed by atoms with E-state index in [4.69, 9.17) is 14.7 Å². The number of nitrogens with zero attached hydrogens (tertiary/aromatic N) is 5. The van der Waals surface area contributed by atoms with Gasteiger partial charge in [-0.3, -0.25) is 0 Å². The summed E-state index contributed by atoms with van der Waals surface area (Å²) in [5.41, 5.74) is 1.82. The second-order valence-electron chi connectivity index (χ2n) is 9.97. The molecule has 34 heavy (non-hydrogen) atoms. The first-order valence-corrected chi connectivity index (χ1v) is 12.7. The van der Waals surface area contributed by atoms with Gasteiger partial charge in [0.2, 0.25) is 5.95 Å². The van der Waals surface area contributed by atoms with Crippen molar-refractivity contribution in [3.63, 3.8) is 0 Å². The first-order valence-electron chi connectivity index (χ1n) is 12.7. The molecule has 184 valence electrons. The molecule has 2 fully saturated rings. The van der Waals surface area contributed by atoms with E-state index in [2.05, 4.69) is 65.1 Å². The van der Waals surface area contributed by atoms with Crippen LogP contribution in [-0.2, 0) is 0 Å². The standard InChI is InChI=1S/C27H40N6O/c1-31(2)13-9-6-10-22-18-24-23(19-25(22)34-4)26(28-20-21-11-16-32(3)17-12-21)30-27(29-24)33-14-7-5-8-15-33/h18-19,21H,5,7-9,11-17,20H2,1-4H3,(H,28,29,30). The van der Waals surface area contributed by atoms with Crippen LogP contribution in [0.5, 0.6) is 5.75 Å². The third kappa shape index (κ3) is 6.31. The van der Waals surface area contributed by atoms with Gasteiger partial charge in [0.05, 0.1) is 18.2 Å². The summed E-state index contributed by atoms with van der Waals surface area (Å²) in [6, 6.07) is 4.13. The average Bonchev–Trinajstić information content (AvgIpc) is 2.85. The Kier molecular flexibility index (Phi) is 8.47. The molecular formula is C27H40N6O. The van der Waals surface area contributed by atoms with E-state index in [1.807, 2.05) is 0 Å². The molecule has 1 aromatic heterocycles. The molecule has 3 heterocycles. The van der Waals surface area contributed by atoms with E-state index in [9.17, 15) is 0 Å². The summed E-state index contributed by atoms with van der Waals surface area (Å²) < 4.78 is 5.73. The zero-order valence-corrected chi connectivity index (χ0v) is 21.4. The number of hydrogen-bond donors (Lipinski definition) is 1. The summed E-state index contributed by atoms with van der Waals surface area (Å²) in [5, 5.41) is 4.70. The highest BCUT2D eigenvalue weighted by Gasteiger charge is 2.20. The summed E-state index contributed by atoms with van der Waals surface area (Å²) in [7, 11) is 8.05. The van der Waals surface area contributed by atoms with Crippen molar-refractivity contribution in [1.29, 1.82) is 0 Å². The van der Waals surface area contributed by atoms with Gasteiger partial charge in [-0.2, -0.15) is 4.98 Å². The topological polar surface area (TPSA) is 56.8 Å². The zero-order valence-electron chi connectivity index (χ0n) is 21.4. The summed E-state index contributed by atoms with van der Waals surface area (Å²) in [4.78, 5) is 16.9. The Morgan fingerprint density at radius 3 is 2.56 bits per heavy atom. The number of anilines is 2. The highest BCUT2D eigenvalue weighted by atomic mass is 16.5. The van der Waals surface area contributed by atoms with Gasteiger partial charge in [0.1, 0.15) is 11.6 Å². The third-order valence-electron chi connectivity index (χ3n) is 6.95. The van der Waals surface area contributed by atoms with Crippen LogP contribution in [0.4, 0.5) is 11.8 Å². The number of fused-ring (bicyclic) bond motifs is 1. The Balaban J connectivity index is 1.65. The van der Waals surface area contributed by atoms with Crippen LogP contribution in [0.1, 0.15) is 44.1 Å². The minimum Gasteiger partial charge on any atom is -0.495 e. The molecule has 2 aromatic rings. The Labute approximate surface area is 204 Å². The van der Waals surface area contributed by atoms with Crippen LogP contribution in [0.3, 0.4) is 0 Å². The fourth-order valence-electron chi connectivity index (χ4n) is 4.72. The fourth-order valence-corrected chi connectivity index (χ4v) is 4.72. The highest BCUT2D eigenvalue weighted by molar-refractivity contribution is 5.92. The van der Waals surface area contributed by atoms with Crippen molar-refractivity contribution in [3.05, 3.63) is 17.7 Å². The Morgan fingerprint density at radius 1 is 1.09 bits per heavy atom. The van der Waals surface area contributed by atoms with Crippen LogP contribution >= 0.6 is 0 Å². The molecule has 0 bridgehead atoms. The van der Waals surface area contributed by atoms with Crippen LogP contribution in [-0.4, -0.2) is 87.3 Å². The van der Waals surface area contributed by atoms with Gasteiger partial charge in [-0.05, 0) is 84.4 Å². The number of piperidine rings is 2. The predicted octanol–water partition coefficient (Wildman–Crippen LogP) is 3.69. The number of benzene rings is 1. The lowest BCUT2D eigenvalue weighted by atomic mass is 9.97. The third-order valence-corrected chi connectivity index (χ3v) is 6.95. The lowest BCUT2D eigenvalue weighted by Gasteiger charge is -2.30. The first kappa shape index (κ1) is 24.6. The molecule has 1 N–H and O–H groups in total. The van der Waals surface area contributed by atoms with Crippen LogP contribution in [0.15, 0.2) is 12.1 Å². The van der Waals surface area contributed by atoms with Gasteiger partial charge in [0.25, 0.3) is 0 Å². The maximum absolute atomic E-state index is 5.73. The lowest BCUT2D eigenvalue weighted by molar-refractivity contribution is 0.226. The molecule has 0 radical (unpaired) electrons. The highest BCUT2D eigenvalue weighted by Crippen LogP contribution is 2.31. The van der Waals surface area contributed by atoms with Gasteiger partial charge in [0, 0.05) is 38.0 Å². The maximum Gasteiger partial charge on any atom is 0.227 e. The second kappa shape index (κ2) is 11.7. The van der Waals surface area contributed by atoms with Crippen molar-refractivity contribution >= 4 is 22.7 Å². The van der Waals surface area contributed by atoms with Gasteiger partial charge in [-0.15, -0.1) is 0 Å². The Hall–Kier alpha value is -2.56. The molecule has 7 nitrogen and oxygen atoms in total. The monoisotopic (exact) mass is 464 g/mol. The van der Waals surface area contributed by atoms with Crippen molar-refractivity contribution in [2.24, 2.45) is 5.92 Å². The minimum atomic E-state index is 0.670. The molecule has 0 aliphatic carbocycles. The van der Waals surface area contributed by atoms with Gasteiger partial charge < -0.3 is 24.8 Å². The summed E-state index contributed by atoms with van der Waals surface area (Å²) >= 11 is 0. The maximum atomic E-state index is 5.73. The molecule has 0 atom stereocenters. The van der Waals surface area contributed by atoms with E-state index in [1.54, 1.807) is 7.11 Å². The van der Waals surface area contributed by atoms with Gasteiger partial charge in [-0.1, -0.05) is 11.8 Å². The van der Waals surface area contributed by atoms with E-state index in [0.29, 0.717) is 5.92 Å². The zero-order chi connectivity index (χ0) is 23.9. The quantitative estimate of drug-likeness (QED) is 0.627. The number of nitrogens with one attached hydrogen (secondary N) is 1. The van der Waals surface area contributed by atoms with Crippen LogP contribution in [0.2, 0.25) is 0 Å². The molecule has 0 spiro atoms. The van der Waals surface area contributed by atoms with E-state index >= 15 is 0 Å². The first-order chi connectivity index (χ1) is 16.5. The van der Waals surface area contributed by atoms with Crippen LogP contribution in [0, 0.1) is 17.8 Å². The van der Waals surface area contributed by atoms with E-state index < -0.39 is 0 Å². The SMILES string of the molecule is COc1cc2c(NCC3CCN(C)CC3)nc(N3CCCCC3)nc2cc1C#CCCN(C)C. The van der Waals surface area contributed by atoms with Gasteiger partial charge in [0.15, 0.2) is 0 Å². The summed E-state index contributed by atoms with van der Waals surface area (Å²) in [5.74, 6) is 9.80. The Bertz CT molecular complexity index is 1010. The van der Waals surface area contributed by atoms with Crippen molar-refractivity contribution in [1.82, 2.24) is 19.8 Å². The van der Waals surface area contributed by atoms with Gasteiger partial charge in [-0.25, -0.2) is 4.98 Å². The van der Waals surface area contributed by atoms with Gasteiger partial charge >= 0.3 is 0 Å². The minimum absolute atomic E-state index is 0.670. The van der Waals surface area contributed by atoms with Crippen LogP contribution in [0.25, 0.3) is 10.9 Å². The molecule has 0 amide bonds. The molecule has 2 saturated heterocycles. The summed E-state index contributed by atoms with van der Waals surface area (Å²) in [6.45, 7) is 6.25. The van der Waals surface area contributed by atoms with E-state index in [1.165, 1.54) is 45.2 Å². The number of likely N-dealkylation sites (tertiary alicyclic amines) is 1. The largest absolute Gasteiger partial charge is 0.495 e. The van der Waals surface area contributed by atoms with Crippen molar-refractivity contribution in [3.8, 4) is 17.6 Å². The number of rotatable bonds is 7. The molecule has 0 saturated carbocycles. The van der Waals surface area contributed by atoms with E-state index in [0.717, 1.165) is 66.6 Å². The second-order valence-corrected chi connectivity index (χ2v) is 9.97. The number of aromatic nitrogens is 2.